The van der Waals surface area contributed by atoms with Crippen LogP contribution in [0.15, 0.2) is 30.4 Å². The highest BCUT2D eigenvalue weighted by Crippen LogP contribution is 2.37. The Kier molecular flexibility index (Phi) is 6.42. The van der Waals surface area contributed by atoms with Gasteiger partial charge in [0.05, 0.1) is 17.2 Å². The Hall–Kier alpha value is -2.35. The summed E-state index contributed by atoms with van der Waals surface area (Å²) in [5.41, 5.74) is -0.387. The van der Waals surface area contributed by atoms with Crippen molar-refractivity contribution in [3.05, 3.63) is 46.5 Å². The van der Waals surface area contributed by atoms with Gasteiger partial charge in [-0.05, 0) is 13.0 Å². The number of carbonyl (C=O) groups excluding carboxylic acids is 2. The molecule has 4 N–H and O–H groups in total. The third-order valence-electron chi connectivity index (χ3n) is 3.85. The molecule has 0 aromatic heterocycles. The molecule has 2 unspecified atom stereocenters. The maximum absolute atomic E-state index is 12.5. The van der Waals surface area contributed by atoms with Crippen LogP contribution in [0.5, 0.6) is 11.5 Å². The first-order valence-electron chi connectivity index (χ1n) is 7.88. The molecule has 2 rings (SSSR count). The number of cyclic esters (lactones) is 1. The molecule has 8 heteroatoms. The Morgan fingerprint density at radius 3 is 2.54 bits per heavy atom. The summed E-state index contributed by atoms with van der Waals surface area (Å²) >= 11 is 6.01. The Morgan fingerprint density at radius 1 is 1.15 bits per heavy atom. The van der Waals surface area contributed by atoms with E-state index in [1.807, 2.05) is 0 Å². The Balaban J connectivity index is 2.51. The van der Waals surface area contributed by atoms with Crippen LogP contribution in [-0.2, 0) is 16.0 Å². The fourth-order valence-electron chi connectivity index (χ4n) is 2.55. The van der Waals surface area contributed by atoms with Crippen LogP contribution in [0.1, 0.15) is 29.3 Å². The number of benzene rings is 1. The zero-order valence-electron chi connectivity index (χ0n) is 13.9. The molecule has 1 aliphatic rings. The summed E-state index contributed by atoms with van der Waals surface area (Å²) in [6.07, 6.45) is 1.64. The Labute approximate surface area is 154 Å². The quantitative estimate of drug-likeness (QED) is 0.503. The van der Waals surface area contributed by atoms with Gasteiger partial charge >= 0.3 is 5.97 Å². The molecule has 1 aliphatic heterocycles. The fourth-order valence-corrected chi connectivity index (χ4v) is 2.77. The lowest BCUT2D eigenvalue weighted by Crippen LogP contribution is -2.30. The van der Waals surface area contributed by atoms with Gasteiger partial charge in [-0.1, -0.05) is 29.8 Å². The van der Waals surface area contributed by atoms with E-state index in [-0.39, 0.29) is 29.0 Å². The van der Waals surface area contributed by atoms with Crippen LogP contribution < -0.4 is 0 Å². The Morgan fingerprint density at radius 2 is 1.85 bits per heavy atom. The molecule has 1 aromatic carbocycles. The molecule has 7 nitrogen and oxygen atoms in total. The summed E-state index contributed by atoms with van der Waals surface area (Å²) in [6.45, 7) is 1.51. The number of aromatic hydroxyl groups is 2. The molecule has 0 radical (unpaired) electrons. The first-order chi connectivity index (χ1) is 12.2. The number of allylic oxidation sites excluding steroid dienone is 3. The van der Waals surface area contributed by atoms with Gasteiger partial charge in [0.1, 0.15) is 23.2 Å². The molecular formula is C18H19ClO7. The van der Waals surface area contributed by atoms with Crippen molar-refractivity contribution < 1.29 is 34.8 Å². The molecule has 140 valence electrons. The average Bonchev–Trinajstić information content (AvgIpc) is 2.54. The highest BCUT2D eigenvalue weighted by atomic mass is 35.5. The van der Waals surface area contributed by atoms with Crippen LogP contribution in [0.4, 0.5) is 0 Å². The van der Waals surface area contributed by atoms with Crippen LogP contribution in [-0.4, -0.2) is 50.5 Å². The number of carbonyl (C=O) groups is 2. The number of hydrogen-bond donors (Lipinski definition) is 4. The normalized spacial score (nSPS) is 24.7. The van der Waals surface area contributed by atoms with Gasteiger partial charge in [0.2, 0.25) is 0 Å². The van der Waals surface area contributed by atoms with Crippen molar-refractivity contribution in [3.8, 4) is 11.5 Å². The SMILES string of the molecule is C[C@@H]1CC(O)C(O)C=CC=CC(=O)Cc2c(Cl)c(O)cc(O)c2C(=O)O1. The summed E-state index contributed by atoms with van der Waals surface area (Å²) in [6, 6.07) is 0.887. The molecule has 0 saturated heterocycles. The minimum Gasteiger partial charge on any atom is -0.507 e. The molecule has 1 heterocycles. The number of aliphatic hydroxyl groups excluding tert-OH is 2. The predicted octanol–water partition coefficient (Wildman–Crippen LogP) is 1.65. The van der Waals surface area contributed by atoms with Crippen molar-refractivity contribution in [1.82, 2.24) is 0 Å². The van der Waals surface area contributed by atoms with Gasteiger partial charge in [-0.2, -0.15) is 0 Å². The van der Waals surface area contributed by atoms with Crippen LogP contribution >= 0.6 is 11.6 Å². The molecule has 3 atom stereocenters. The molecule has 0 saturated carbocycles. The number of phenolic OH excluding ortho intramolecular Hbond substituents is 2. The Bertz CT molecular complexity index is 769. The third-order valence-corrected chi connectivity index (χ3v) is 4.28. The minimum atomic E-state index is -1.20. The molecule has 0 bridgehead atoms. The largest absolute Gasteiger partial charge is 0.507 e. The first-order valence-corrected chi connectivity index (χ1v) is 8.26. The number of hydrogen-bond acceptors (Lipinski definition) is 7. The number of halogens is 1. The van der Waals surface area contributed by atoms with Crippen molar-refractivity contribution >= 4 is 23.4 Å². The van der Waals surface area contributed by atoms with E-state index in [4.69, 9.17) is 16.3 Å². The maximum atomic E-state index is 12.5. The summed E-state index contributed by atoms with van der Waals surface area (Å²) in [5.74, 6) is -2.47. The van der Waals surface area contributed by atoms with Crippen LogP contribution in [0.2, 0.25) is 5.02 Å². The lowest BCUT2D eigenvalue weighted by Gasteiger charge is -2.21. The van der Waals surface area contributed by atoms with Crippen molar-refractivity contribution in [2.75, 3.05) is 0 Å². The lowest BCUT2D eigenvalue weighted by atomic mass is 9.99. The minimum absolute atomic E-state index is 0.0538. The van der Waals surface area contributed by atoms with E-state index in [0.717, 1.165) is 6.07 Å². The van der Waals surface area contributed by atoms with Gasteiger partial charge in [0.25, 0.3) is 0 Å². The second-order valence-electron chi connectivity index (χ2n) is 5.98. The number of phenols is 2. The number of rotatable bonds is 0. The molecule has 0 spiro atoms. The number of fused-ring (bicyclic) bond motifs is 1. The summed E-state index contributed by atoms with van der Waals surface area (Å²) in [5, 5.41) is 39.4. The van der Waals surface area contributed by atoms with Gasteiger partial charge in [-0.3, -0.25) is 4.79 Å². The number of ketones is 1. The third kappa shape index (κ3) is 4.63. The molecular weight excluding hydrogens is 364 g/mol. The van der Waals surface area contributed by atoms with E-state index in [9.17, 15) is 30.0 Å². The summed E-state index contributed by atoms with van der Waals surface area (Å²) in [4.78, 5) is 24.6. The number of esters is 1. The fraction of sp³-hybridized carbons (Fsp3) is 0.333. The van der Waals surface area contributed by atoms with Crippen molar-refractivity contribution in [2.24, 2.45) is 0 Å². The maximum Gasteiger partial charge on any atom is 0.342 e. The second kappa shape index (κ2) is 8.35. The summed E-state index contributed by atoms with van der Waals surface area (Å²) in [7, 11) is 0. The van der Waals surface area contributed by atoms with Crippen molar-refractivity contribution in [3.63, 3.8) is 0 Å². The van der Waals surface area contributed by atoms with E-state index in [0.29, 0.717) is 0 Å². The van der Waals surface area contributed by atoms with Gasteiger partial charge in [-0.15, -0.1) is 0 Å². The smallest absolute Gasteiger partial charge is 0.342 e. The predicted molar refractivity (Wildman–Crippen MR) is 93.3 cm³/mol. The first kappa shape index (κ1) is 20.0. The van der Waals surface area contributed by atoms with Gasteiger partial charge in [-0.25, -0.2) is 4.79 Å². The van der Waals surface area contributed by atoms with Crippen LogP contribution in [0.3, 0.4) is 0 Å². The topological polar surface area (TPSA) is 124 Å². The zero-order valence-corrected chi connectivity index (χ0v) is 14.7. The molecule has 0 aliphatic carbocycles. The number of ether oxygens (including phenoxy) is 1. The van der Waals surface area contributed by atoms with E-state index < -0.39 is 41.6 Å². The molecule has 26 heavy (non-hydrogen) atoms. The monoisotopic (exact) mass is 382 g/mol. The van der Waals surface area contributed by atoms with Crippen molar-refractivity contribution in [2.45, 2.75) is 38.1 Å². The van der Waals surface area contributed by atoms with Crippen LogP contribution in [0.25, 0.3) is 0 Å². The standard InChI is InChI=1S/C18H19ClO7/c1-9-6-13(22)12(21)5-3-2-4-10(20)7-11-16(18(25)26-9)14(23)8-15(24)17(11)19/h2-5,8-9,12-13,21-24H,6-7H2,1H3/t9-,12?,13?/m1/s1. The molecule has 1 aromatic rings. The average molecular weight is 383 g/mol. The molecule has 0 amide bonds. The van der Waals surface area contributed by atoms with Gasteiger partial charge in [0, 0.05) is 24.5 Å². The van der Waals surface area contributed by atoms with E-state index in [1.165, 1.54) is 31.2 Å². The molecule has 0 fully saturated rings. The van der Waals surface area contributed by atoms with E-state index >= 15 is 0 Å². The lowest BCUT2D eigenvalue weighted by molar-refractivity contribution is -0.114. The highest BCUT2D eigenvalue weighted by Gasteiger charge is 2.27. The highest BCUT2D eigenvalue weighted by molar-refractivity contribution is 6.33. The van der Waals surface area contributed by atoms with Gasteiger partial charge < -0.3 is 25.2 Å². The summed E-state index contributed by atoms with van der Waals surface area (Å²) < 4.78 is 5.19. The number of aliphatic hydroxyl groups is 2. The second-order valence-corrected chi connectivity index (χ2v) is 6.36. The van der Waals surface area contributed by atoms with E-state index in [2.05, 4.69) is 0 Å². The zero-order chi connectivity index (χ0) is 19.4. The van der Waals surface area contributed by atoms with Gasteiger partial charge in [0.15, 0.2) is 5.78 Å². The van der Waals surface area contributed by atoms with E-state index in [1.54, 1.807) is 0 Å². The van der Waals surface area contributed by atoms with Crippen molar-refractivity contribution in [1.29, 1.82) is 0 Å². The van der Waals surface area contributed by atoms with Crippen LogP contribution in [0, 0.1) is 0 Å².